The zero-order valence-corrected chi connectivity index (χ0v) is 15.7. The molecule has 1 heterocycles. The first kappa shape index (κ1) is 19.9. The Balaban J connectivity index is 1.80. The number of hydrogen-bond acceptors (Lipinski definition) is 4. The molecular weight excluding hydrogens is 332 g/mol. The first-order valence-corrected chi connectivity index (χ1v) is 9.06. The monoisotopic (exact) mass is 360 g/mol. The fourth-order valence-corrected chi connectivity index (χ4v) is 3.11. The van der Waals surface area contributed by atoms with Gasteiger partial charge in [0.15, 0.2) is 0 Å². The van der Waals surface area contributed by atoms with Crippen molar-refractivity contribution in [3.63, 3.8) is 0 Å². The number of carbonyl (C=O) groups is 3. The van der Waals surface area contributed by atoms with Gasteiger partial charge in [0, 0.05) is 38.8 Å². The van der Waals surface area contributed by atoms with Crippen molar-refractivity contribution in [3.05, 3.63) is 29.8 Å². The van der Waals surface area contributed by atoms with Crippen LogP contribution in [-0.4, -0.2) is 66.3 Å². The minimum atomic E-state index is -0.520. The Morgan fingerprint density at radius 1 is 1.12 bits per heavy atom. The standard InChI is InChI=1S/C19H28N4O3/c1-4-16-7-5-6-8-17(16)21-18(25)13-22-9-11-23(12-10-22)19(26)14(2)20-15(3)24/h5-8,14H,4,9-13H2,1-3H3,(H,20,24)(H,21,25). The highest BCUT2D eigenvalue weighted by Gasteiger charge is 2.26. The van der Waals surface area contributed by atoms with Crippen molar-refractivity contribution in [3.8, 4) is 0 Å². The van der Waals surface area contributed by atoms with Gasteiger partial charge in [-0.3, -0.25) is 19.3 Å². The molecule has 142 valence electrons. The smallest absolute Gasteiger partial charge is 0.244 e. The highest BCUT2D eigenvalue weighted by molar-refractivity contribution is 5.93. The lowest BCUT2D eigenvalue weighted by molar-refractivity contribution is -0.137. The number of carbonyl (C=O) groups excluding carboxylic acids is 3. The maximum atomic E-state index is 12.3. The predicted octanol–water partition coefficient (Wildman–Crippen LogP) is 0.856. The summed E-state index contributed by atoms with van der Waals surface area (Å²) < 4.78 is 0. The second-order valence-electron chi connectivity index (χ2n) is 6.58. The summed E-state index contributed by atoms with van der Waals surface area (Å²) in [4.78, 5) is 39.5. The Morgan fingerprint density at radius 2 is 1.77 bits per heavy atom. The van der Waals surface area contributed by atoms with E-state index in [-0.39, 0.29) is 17.7 Å². The zero-order valence-electron chi connectivity index (χ0n) is 15.7. The highest BCUT2D eigenvalue weighted by atomic mass is 16.2. The Labute approximate surface area is 154 Å². The molecule has 0 aliphatic carbocycles. The zero-order chi connectivity index (χ0) is 19.1. The van der Waals surface area contributed by atoms with E-state index < -0.39 is 6.04 Å². The maximum absolute atomic E-state index is 12.3. The van der Waals surface area contributed by atoms with Gasteiger partial charge in [-0.15, -0.1) is 0 Å². The first-order chi connectivity index (χ1) is 12.4. The summed E-state index contributed by atoms with van der Waals surface area (Å²) in [5, 5.41) is 5.59. The van der Waals surface area contributed by atoms with Crippen molar-refractivity contribution in [2.75, 3.05) is 38.0 Å². The third kappa shape index (κ3) is 5.56. The highest BCUT2D eigenvalue weighted by Crippen LogP contribution is 2.15. The number of aryl methyl sites for hydroxylation is 1. The molecule has 1 fully saturated rings. The molecule has 2 N–H and O–H groups in total. The van der Waals surface area contributed by atoms with Crippen molar-refractivity contribution >= 4 is 23.4 Å². The lowest BCUT2D eigenvalue weighted by Crippen LogP contribution is -2.54. The van der Waals surface area contributed by atoms with E-state index in [0.717, 1.165) is 17.7 Å². The van der Waals surface area contributed by atoms with Crippen LogP contribution in [0.5, 0.6) is 0 Å². The normalized spacial score (nSPS) is 16.0. The molecule has 1 aromatic rings. The van der Waals surface area contributed by atoms with Crippen molar-refractivity contribution in [1.29, 1.82) is 0 Å². The molecule has 7 heteroatoms. The molecule has 0 radical (unpaired) electrons. The third-order valence-corrected chi connectivity index (χ3v) is 4.51. The molecule has 1 aromatic carbocycles. The summed E-state index contributed by atoms with van der Waals surface area (Å²) in [5.41, 5.74) is 1.97. The molecule has 1 saturated heterocycles. The number of hydrogen-bond donors (Lipinski definition) is 2. The number of nitrogens with one attached hydrogen (secondary N) is 2. The maximum Gasteiger partial charge on any atom is 0.244 e. The van der Waals surface area contributed by atoms with Gasteiger partial charge in [0.05, 0.1) is 6.54 Å². The Morgan fingerprint density at radius 3 is 2.38 bits per heavy atom. The molecule has 1 atom stereocenters. The van der Waals surface area contributed by atoms with Gasteiger partial charge in [0.2, 0.25) is 17.7 Å². The summed E-state index contributed by atoms with van der Waals surface area (Å²) in [6.45, 7) is 7.85. The topological polar surface area (TPSA) is 81.8 Å². The Hall–Kier alpha value is -2.41. The van der Waals surface area contributed by atoms with Crippen LogP contribution in [0.15, 0.2) is 24.3 Å². The van der Waals surface area contributed by atoms with Gasteiger partial charge in [0.1, 0.15) is 6.04 Å². The van der Waals surface area contributed by atoms with Crippen molar-refractivity contribution < 1.29 is 14.4 Å². The predicted molar refractivity (Wildman–Crippen MR) is 101 cm³/mol. The fraction of sp³-hybridized carbons (Fsp3) is 0.526. The molecule has 0 bridgehead atoms. The summed E-state index contributed by atoms with van der Waals surface area (Å²) >= 11 is 0. The molecule has 1 aliphatic heterocycles. The van der Waals surface area contributed by atoms with Crippen molar-refractivity contribution in [1.82, 2.24) is 15.1 Å². The second-order valence-corrected chi connectivity index (χ2v) is 6.58. The Bertz CT molecular complexity index is 654. The largest absolute Gasteiger partial charge is 0.345 e. The lowest BCUT2D eigenvalue weighted by Gasteiger charge is -2.35. The number of anilines is 1. The average Bonchev–Trinajstić information content (AvgIpc) is 2.61. The Kier molecular flexibility index (Phi) is 7.15. The summed E-state index contributed by atoms with van der Waals surface area (Å²) in [5.74, 6) is -0.341. The van der Waals surface area contributed by atoms with Gasteiger partial charge in [-0.2, -0.15) is 0 Å². The molecule has 0 aromatic heterocycles. The number of para-hydroxylation sites is 1. The van der Waals surface area contributed by atoms with E-state index in [1.807, 2.05) is 29.2 Å². The summed E-state index contributed by atoms with van der Waals surface area (Å²) in [6.07, 6.45) is 0.865. The molecular formula is C19H28N4O3. The van der Waals surface area contributed by atoms with Crippen molar-refractivity contribution in [2.45, 2.75) is 33.2 Å². The van der Waals surface area contributed by atoms with Gasteiger partial charge < -0.3 is 15.5 Å². The van der Waals surface area contributed by atoms with E-state index in [9.17, 15) is 14.4 Å². The minimum Gasteiger partial charge on any atom is -0.345 e. The van der Waals surface area contributed by atoms with E-state index in [1.54, 1.807) is 11.8 Å². The second kappa shape index (κ2) is 9.33. The first-order valence-electron chi connectivity index (χ1n) is 9.06. The molecule has 3 amide bonds. The lowest BCUT2D eigenvalue weighted by atomic mass is 10.1. The fourth-order valence-electron chi connectivity index (χ4n) is 3.11. The van der Waals surface area contributed by atoms with Gasteiger partial charge in [-0.1, -0.05) is 25.1 Å². The SMILES string of the molecule is CCc1ccccc1NC(=O)CN1CCN(C(=O)C(C)NC(C)=O)CC1. The van der Waals surface area contributed by atoms with Crippen LogP contribution in [0.3, 0.4) is 0 Å². The third-order valence-electron chi connectivity index (χ3n) is 4.51. The molecule has 26 heavy (non-hydrogen) atoms. The van der Waals surface area contributed by atoms with Crippen LogP contribution in [0.1, 0.15) is 26.3 Å². The summed E-state index contributed by atoms with van der Waals surface area (Å²) in [6, 6.07) is 7.28. The van der Waals surface area contributed by atoms with Gasteiger partial charge in [-0.05, 0) is 25.0 Å². The van der Waals surface area contributed by atoms with Crippen molar-refractivity contribution in [2.24, 2.45) is 0 Å². The van der Waals surface area contributed by atoms with Crippen LogP contribution in [0, 0.1) is 0 Å². The van der Waals surface area contributed by atoms with Gasteiger partial charge >= 0.3 is 0 Å². The van der Waals surface area contributed by atoms with Crippen LogP contribution >= 0.6 is 0 Å². The molecule has 1 unspecified atom stereocenters. The number of amides is 3. The van der Waals surface area contributed by atoms with E-state index in [4.69, 9.17) is 0 Å². The average molecular weight is 360 g/mol. The van der Waals surface area contributed by atoms with E-state index in [0.29, 0.717) is 32.7 Å². The van der Waals surface area contributed by atoms with Crippen LogP contribution in [0.4, 0.5) is 5.69 Å². The summed E-state index contributed by atoms with van der Waals surface area (Å²) in [7, 11) is 0. The van der Waals surface area contributed by atoms with E-state index in [1.165, 1.54) is 6.92 Å². The van der Waals surface area contributed by atoms with Crippen LogP contribution < -0.4 is 10.6 Å². The quantitative estimate of drug-likeness (QED) is 0.788. The number of benzene rings is 1. The molecule has 2 rings (SSSR count). The number of piperazine rings is 1. The number of rotatable bonds is 6. The van der Waals surface area contributed by atoms with E-state index >= 15 is 0 Å². The van der Waals surface area contributed by atoms with Crippen LogP contribution in [0.2, 0.25) is 0 Å². The minimum absolute atomic E-state index is 0.0442. The van der Waals surface area contributed by atoms with Gasteiger partial charge in [0.25, 0.3) is 0 Å². The molecule has 0 saturated carbocycles. The number of nitrogens with zero attached hydrogens (tertiary/aromatic N) is 2. The van der Waals surface area contributed by atoms with Crippen LogP contribution in [-0.2, 0) is 20.8 Å². The molecule has 1 aliphatic rings. The molecule has 0 spiro atoms. The molecule has 7 nitrogen and oxygen atoms in total. The van der Waals surface area contributed by atoms with Gasteiger partial charge in [-0.25, -0.2) is 0 Å². The van der Waals surface area contributed by atoms with Crippen LogP contribution in [0.25, 0.3) is 0 Å². The van der Waals surface area contributed by atoms with E-state index in [2.05, 4.69) is 17.6 Å².